The van der Waals surface area contributed by atoms with E-state index in [2.05, 4.69) is 49.2 Å². The molecule has 162 valence electrons. The number of nitro groups is 1. The molecule has 1 aliphatic heterocycles. The lowest BCUT2D eigenvalue weighted by molar-refractivity contribution is -0.384. The molecule has 2 aromatic rings. The number of methoxy groups -OCH3 is 1. The molecule has 0 bridgehead atoms. The van der Waals surface area contributed by atoms with Gasteiger partial charge in [-0.2, -0.15) is 5.10 Å². The monoisotopic (exact) mass is 422 g/mol. The van der Waals surface area contributed by atoms with Gasteiger partial charge < -0.3 is 9.64 Å². The summed E-state index contributed by atoms with van der Waals surface area (Å²) >= 11 is 0. The highest BCUT2D eigenvalue weighted by Gasteiger charge is 2.31. The van der Waals surface area contributed by atoms with E-state index in [0.717, 1.165) is 23.4 Å². The van der Waals surface area contributed by atoms with Gasteiger partial charge in [-0.3, -0.25) is 14.9 Å². The standard InChI is InChI=1S/C23H26N4O4/c1-6-26-20-12-21(31-5)17(11-19(20)15(2)13-23(26,3)4)14-24-25-22(28)16-8-7-9-18(10-16)27(29)30/h7-14H,6H2,1-5H3,(H,25,28)/b24-14-. The number of rotatable bonds is 6. The number of hydrazone groups is 1. The van der Waals surface area contributed by atoms with Crippen molar-refractivity contribution in [2.75, 3.05) is 18.6 Å². The Hall–Kier alpha value is -3.68. The summed E-state index contributed by atoms with van der Waals surface area (Å²) in [7, 11) is 1.59. The fourth-order valence-corrected chi connectivity index (χ4v) is 3.96. The lowest BCUT2D eigenvalue weighted by atomic mass is 9.88. The molecule has 31 heavy (non-hydrogen) atoms. The van der Waals surface area contributed by atoms with Gasteiger partial charge >= 0.3 is 0 Å². The van der Waals surface area contributed by atoms with E-state index in [1.807, 2.05) is 12.1 Å². The van der Waals surface area contributed by atoms with Gasteiger partial charge in [0, 0.05) is 47.1 Å². The fourth-order valence-electron chi connectivity index (χ4n) is 3.96. The van der Waals surface area contributed by atoms with Crippen LogP contribution in [-0.4, -0.2) is 36.2 Å². The first-order valence-electron chi connectivity index (χ1n) is 9.95. The minimum absolute atomic E-state index is 0.112. The number of anilines is 1. The lowest BCUT2D eigenvalue weighted by Crippen LogP contribution is -2.44. The maximum atomic E-state index is 12.3. The van der Waals surface area contributed by atoms with Crippen LogP contribution < -0.4 is 15.1 Å². The highest BCUT2D eigenvalue weighted by atomic mass is 16.6. The molecule has 8 heteroatoms. The van der Waals surface area contributed by atoms with E-state index in [4.69, 9.17) is 4.74 Å². The van der Waals surface area contributed by atoms with Gasteiger partial charge in [0.05, 0.1) is 23.8 Å². The number of ether oxygens (including phenoxy) is 1. The summed E-state index contributed by atoms with van der Waals surface area (Å²) in [6, 6.07) is 9.46. The van der Waals surface area contributed by atoms with E-state index in [-0.39, 0.29) is 16.8 Å². The minimum Gasteiger partial charge on any atom is -0.496 e. The van der Waals surface area contributed by atoms with Crippen molar-refractivity contribution in [3.05, 3.63) is 69.3 Å². The maximum absolute atomic E-state index is 12.3. The van der Waals surface area contributed by atoms with Crippen molar-refractivity contribution in [2.24, 2.45) is 5.10 Å². The Kier molecular flexibility index (Phi) is 6.10. The number of hydrogen-bond acceptors (Lipinski definition) is 6. The highest BCUT2D eigenvalue weighted by Crippen LogP contribution is 2.41. The van der Waals surface area contributed by atoms with Crippen molar-refractivity contribution in [3.63, 3.8) is 0 Å². The minimum atomic E-state index is -0.547. The van der Waals surface area contributed by atoms with Crippen molar-refractivity contribution >= 4 is 29.1 Å². The number of nitro benzene ring substituents is 1. The first-order valence-corrected chi connectivity index (χ1v) is 9.95. The van der Waals surface area contributed by atoms with Crippen LogP contribution in [0.25, 0.3) is 5.57 Å². The maximum Gasteiger partial charge on any atom is 0.271 e. The number of non-ortho nitro benzene ring substituents is 1. The number of nitrogens with zero attached hydrogens (tertiary/aromatic N) is 3. The van der Waals surface area contributed by atoms with Crippen molar-refractivity contribution in [3.8, 4) is 5.75 Å². The zero-order valence-corrected chi connectivity index (χ0v) is 18.3. The Morgan fingerprint density at radius 2 is 2.06 bits per heavy atom. The summed E-state index contributed by atoms with van der Waals surface area (Å²) in [4.78, 5) is 25.0. The summed E-state index contributed by atoms with van der Waals surface area (Å²) in [6.45, 7) is 9.39. The second kappa shape index (κ2) is 8.59. The molecule has 2 aromatic carbocycles. The summed E-state index contributed by atoms with van der Waals surface area (Å²) < 4.78 is 5.57. The Morgan fingerprint density at radius 3 is 2.71 bits per heavy atom. The van der Waals surface area contributed by atoms with Gasteiger partial charge in [0.15, 0.2) is 0 Å². The van der Waals surface area contributed by atoms with Crippen LogP contribution in [0.2, 0.25) is 0 Å². The van der Waals surface area contributed by atoms with Gasteiger partial charge in [0.25, 0.3) is 11.6 Å². The van der Waals surface area contributed by atoms with Crippen LogP contribution in [0.1, 0.15) is 49.2 Å². The van der Waals surface area contributed by atoms with Gasteiger partial charge in [-0.15, -0.1) is 0 Å². The molecule has 8 nitrogen and oxygen atoms in total. The Labute approximate surface area is 181 Å². The number of likely N-dealkylation sites (N-methyl/N-ethyl adjacent to an activating group) is 1. The van der Waals surface area contributed by atoms with Crippen LogP contribution in [-0.2, 0) is 0 Å². The predicted octanol–water partition coefficient (Wildman–Crippen LogP) is 4.39. The van der Waals surface area contributed by atoms with E-state index in [1.165, 1.54) is 30.5 Å². The molecule has 1 N–H and O–H groups in total. The smallest absolute Gasteiger partial charge is 0.271 e. The fraction of sp³-hybridized carbons (Fsp3) is 0.304. The number of amides is 1. The van der Waals surface area contributed by atoms with Crippen molar-refractivity contribution < 1.29 is 14.5 Å². The second-order valence-electron chi connectivity index (χ2n) is 7.84. The molecular weight excluding hydrogens is 396 g/mol. The van der Waals surface area contributed by atoms with Crippen molar-refractivity contribution in [2.45, 2.75) is 33.2 Å². The highest BCUT2D eigenvalue weighted by molar-refractivity contribution is 5.96. The average Bonchev–Trinajstić information content (AvgIpc) is 2.73. The van der Waals surface area contributed by atoms with Gasteiger partial charge in [-0.25, -0.2) is 5.43 Å². The van der Waals surface area contributed by atoms with Gasteiger partial charge in [0.1, 0.15) is 5.75 Å². The Bertz CT molecular complexity index is 1090. The number of nitrogens with one attached hydrogen (secondary N) is 1. The quantitative estimate of drug-likeness (QED) is 0.423. The normalized spacial score (nSPS) is 14.7. The molecule has 0 radical (unpaired) electrons. The molecule has 1 amide bonds. The van der Waals surface area contributed by atoms with Crippen LogP contribution in [0, 0.1) is 10.1 Å². The van der Waals surface area contributed by atoms with Crippen LogP contribution in [0.3, 0.4) is 0 Å². The van der Waals surface area contributed by atoms with Crippen LogP contribution in [0.4, 0.5) is 11.4 Å². The van der Waals surface area contributed by atoms with E-state index < -0.39 is 10.8 Å². The topological polar surface area (TPSA) is 97.1 Å². The molecule has 0 fully saturated rings. The van der Waals surface area contributed by atoms with Gasteiger partial charge in [-0.05, 0) is 45.4 Å². The zero-order valence-electron chi connectivity index (χ0n) is 18.3. The summed E-state index contributed by atoms with van der Waals surface area (Å²) in [6.07, 6.45) is 3.74. The van der Waals surface area contributed by atoms with E-state index >= 15 is 0 Å². The predicted molar refractivity (Wildman–Crippen MR) is 122 cm³/mol. The second-order valence-corrected chi connectivity index (χ2v) is 7.84. The zero-order chi connectivity index (χ0) is 22.8. The van der Waals surface area contributed by atoms with Gasteiger partial charge in [0.2, 0.25) is 0 Å². The van der Waals surface area contributed by atoms with E-state index in [9.17, 15) is 14.9 Å². The summed E-state index contributed by atoms with van der Waals surface area (Å²) in [5, 5.41) is 14.9. The van der Waals surface area contributed by atoms with Crippen LogP contribution in [0.5, 0.6) is 5.75 Å². The Morgan fingerprint density at radius 1 is 1.32 bits per heavy atom. The molecule has 0 aromatic heterocycles. The third-order valence-electron chi connectivity index (χ3n) is 5.33. The van der Waals surface area contributed by atoms with Crippen LogP contribution >= 0.6 is 0 Å². The molecule has 0 atom stereocenters. The SMILES string of the molecule is CCN1c2cc(OC)c(/C=N\NC(=O)c3cccc([N+](=O)[O-])c3)cc2C(C)=CC1(C)C. The third-order valence-corrected chi connectivity index (χ3v) is 5.33. The van der Waals surface area contributed by atoms with Crippen molar-refractivity contribution in [1.29, 1.82) is 0 Å². The largest absolute Gasteiger partial charge is 0.496 e. The molecule has 0 aliphatic carbocycles. The lowest BCUT2D eigenvalue weighted by Gasteiger charge is -2.43. The number of carbonyl (C=O) groups excluding carboxylic acids is 1. The summed E-state index contributed by atoms with van der Waals surface area (Å²) in [5.74, 6) is 0.0999. The molecular formula is C23H26N4O4. The first-order chi connectivity index (χ1) is 14.7. The van der Waals surface area contributed by atoms with Crippen LogP contribution in [0.15, 0.2) is 47.6 Å². The van der Waals surface area contributed by atoms with E-state index in [1.54, 1.807) is 7.11 Å². The molecule has 0 saturated heterocycles. The summed E-state index contributed by atoms with van der Waals surface area (Å²) in [5.41, 5.74) is 6.34. The molecule has 0 spiro atoms. The third kappa shape index (κ3) is 4.42. The average molecular weight is 422 g/mol. The number of fused-ring (bicyclic) bond motifs is 1. The van der Waals surface area contributed by atoms with E-state index in [0.29, 0.717) is 11.3 Å². The van der Waals surface area contributed by atoms with Crippen molar-refractivity contribution in [1.82, 2.24) is 5.43 Å². The Balaban J connectivity index is 1.88. The molecule has 3 rings (SSSR count). The van der Waals surface area contributed by atoms with Gasteiger partial charge in [-0.1, -0.05) is 12.1 Å². The number of carbonyl (C=O) groups is 1. The molecule has 0 saturated carbocycles. The number of hydrogen-bond donors (Lipinski definition) is 1. The molecule has 1 aliphatic rings. The first kappa shape index (κ1) is 22.0. The molecule has 0 unspecified atom stereocenters. The number of benzene rings is 2. The molecule has 1 heterocycles. The number of allylic oxidation sites excluding steroid dienone is 1.